The van der Waals surface area contributed by atoms with E-state index in [0.717, 1.165) is 10.9 Å². The predicted octanol–water partition coefficient (Wildman–Crippen LogP) is 3.93. The van der Waals surface area contributed by atoms with Gasteiger partial charge in [0, 0.05) is 22.9 Å². The van der Waals surface area contributed by atoms with E-state index < -0.39 is 0 Å². The van der Waals surface area contributed by atoms with E-state index in [-0.39, 0.29) is 11.9 Å². The van der Waals surface area contributed by atoms with Gasteiger partial charge in [0.2, 0.25) is 0 Å². The summed E-state index contributed by atoms with van der Waals surface area (Å²) in [5, 5.41) is 3.00. The summed E-state index contributed by atoms with van der Waals surface area (Å²) in [5.74, 6) is -0.0493. The van der Waals surface area contributed by atoms with E-state index in [1.54, 1.807) is 18.5 Å². The number of hydrogen-bond donors (Lipinski definition) is 1. The molecule has 1 atom stereocenters. The molecule has 1 N–H and O–H groups in total. The number of nitrogens with one attached hydrogen (secondary N) is 1. The van der Waals surface area contributed by atoms with Crippen molar-refractivity contribution in [3.63, 3.8) is 0 Å². The number of rotatable bonds is 7. The first-order chi connectivity index (χ1) is 8.63. The van der Waals surface area contributed by atoms with Crippen LogP contribution in [0, 0.1) is 0 Å². The molecule has 0 fully saturated rings. The van der Waals surface area contributed by atoms with E-state index in [1.165, 1.54) is 25.7 Å². The van der Waals surface area contributed by atoms with Gasteiger partial charge in [0.15, 0.2) is 0 Å². The average molecular weight is 313 g/mol. The quantitative estimate of drug-likeness (QED) is 0.775. The van der Waals surface area contributed by atoms with Crippen LogP contribution in [0.2, 0.25) is 0 Å². The van der Waals surface area contributed by atoms with Gasteiger partial charge in [-0.2, -0.15) is 0 Å². The molecule has 0 spiro atoms. The lowest BCUT2D eigenvalue weighted by molar-refractivity contribution is 0.0937. The fourth-order valence-corrected chi connectivity index (χ4v) is 2.16. The van der Waals surface area contributed by atoms with E-state index in [1.807, 2.05) is 0 Å². The molecule has 18 heavy (non-hydrogen) atoms. The molecule has 100 valence electrons. The van der Waals surface area contributed by atoms with Crippen molar-refractivity contribution in [2.75, 3.05) is 0 Å². The van der Waals surface area contributed by atoms with E-state index in [9.17, 15) is 4.79 Å². The van der Waals surface area contributed by atoms with Crippen LogP contribution in [0.15, 0.2) is 22.9 Å². The molecule has 1 aromatic heterocycles. The fraction of sp³-hybridized carbons (Fsp3) is 0.571. The molecule has 1 rings (SSSR count). The van der Waals surface area contributed by atoms with Gasteiger partial charge in [0.25, 0.3) is 5.91 Å². The molecule has 1 amide bonds. The highest BCUT2D eigenvalue weighted by atomic mass is 79.9. The first-order valence-electron chi connectivity index (χ1n) is 6.55. The van der Waals surface area contributed by atoms with Crippen LogP contribution in [-0.2, 0) is 0 Å². The second-order valence-corrected chi connectivity index (χ2v) is 5.53. The van der Waals surface area contributed by atoms with Crippen LogP contribution in [0.5, 0.6) is 0 Å². The molecular weight excluding hydrogens is 292 g/mol. The lowest BCUT2D eigenvalue weighted by atomic mass is 10.1. The Balaban J connectivity index is 2.35. The standard InChI is InChI=1S/C14H21BrN2O/c1-3-4-5-6-7-11(2)17-14(18)12-8-13(15)10-16-9-12/h8-11H,3-7H2,1-2H3,(H,17,18). The fourth-order valence-electron chi connectivity index (χ4n) is 1.79. The molecule has 0 radical (unpaired) electrons. The summed E-state index contributed by atoms with van der Waals surface area (Å²) in [6, 6.07) is 2.00. The van der Waals surface area contributed by atoms with Crippen molar-refractivity contribution in [2.45, 2.75) is 52.0 Å². The highest BCUT2D eigenvalue weighted by molar-refractivity contribution is 9.10. The minimum atomic E-state index is -0.0493. The highest BCUT2D eigenvalue weighted by Gasteiger charge is 2.10. The van der Waals surface area contributed by atoms with E-state index >= 15 is 0 Å². The minimum Gasteiger partial charge on any atom is -0.350 e. The van der Waals surface area contributed by atoms with Crippen molar-refractivity contribution in [1.29, 1.82) is 0 Å². The molecule has 4 heteroatoms. The summed E-state index contributed by atoms with van der Waals surface area (Å²) in [5.41, 5.74) is 0.602. The first kappa shape index (κ1) is 15.2. The molecule has 0 aromatic carbocycles. The van der Waals surface area contributed by atoms with Crippen LogP contribution < -0.4 is 5.32 Å². The molecule has 1 heterocycles. The monoisotopic (exact) mass is 312 g/mol. The van der Waals surface area contributed by atoms with Crippen LogP contribution >= 0.6 is 15.9 Å². The molecule has 3 nitrogen and oxygen atoms in total. The number of unbranched alkanes of at least 4 members (excludes halogenated alkanes) is 3. The summed E-state index contributed by atoms with van der Waals surface area (Å²) in [6.07, 6.45) is 9.23. The van der Waals surface area contributed by atoms with Crippen LogP contribution in [0.25, 0.3) is 0 Å². The number of pyridine rings is 1. The third-order valence-electron chi connectivity index (χ3n) is 2.84. The van der Waals surface area contributed by atoms with Crippen molar-refractivity contribution in [2.24, 2.45) is 0 Å². The molecule has 1 unspecified atom stereocenters. The Kier molecular flexibility index (Phi) is 6.94. The van der Waals surface area contributed by atoms with Crippen molar-refractivity contribution >= 4 is 21.8 Å². The molecule has 0 aliphatic heterocycles. The van der Waals surface area contributed by atoms with Gasteiger partial charge in [-0.25, -0.2) is 0 Å². The largest absolute Gasteiger partial charge is 0.350 e. The number of hydrogen-bond acceptors (Lipinski definition) is 2. The zero-order valence-electron chi connectivity index (χ0n) is 11.1. The van der Waals surface area contributed by atoms with Gasteiger partial charge in [0.05, 0.1) is 5.56 Å². The van der Waals surface area contributed by atoms with Gasteiger partial charge < -0.3 is 5.32 Å². The molecule has 0 aliphatic rings. The van der Waals surface area contributed by atoms with E-state index in [0.29, 0.717) is 5.56 Å². The van der Waals surface area contributed by atoms with Crippen molar-refractivity contribution in [3.05, 3.63) is 28.5 Å². The van der Waals surface area contributed by atoms with Gasteiger partial charge in [-0.05, 0) is 35.3 Å². The maximum atomic E-state index is 11.9. The summed E-state index contributed by atoms with van der Waals surface area (Å²) < 4.78 is 0.825. The summed E-state index contributed by atoms with van der Waals surface area (Å²) >= 11 is 3.31. The minimum absolute atomic E-state index is 0.0493. The zero-order valence-corrected chi connectivity index (χ0v) is 12.7. The summed E-state index contributed by atoms with van der Waals surface area (Å²) in [6.45, 7) is 4.25. The van der Waals surface area contributed by atoms with Gasteiger partial charge in [0.1, 0.15) is 0 Å². The molecule has 0 saturated heterocycles. The van der Waals surface area contributed by atoms with Crippen LogP contribution in [0.4, 0.5) is 0 Å². The predicted molar refractivity (Wildman–Crippen MR) is 77.6 cm³/mol. The molecule has 0 aliphatic carbocycles. The summed E-state index contributed by atoms with van der Waals surface area (Å²) in [4.78, 5) is 15.9. The smallest absolute Gasteiger partial charge is 0.253 e. The Morgan fingerprint density at radius 2 is 2.17 bits per heavy atom. The van der Waals surface area contributed by atoms with Crippen LogP contribution in [-0.4, -0.2) is 16.9 Å². The number of nitrogens with zero attached hydrogens (tertiary/aromatic N) is 1. The number of aromatic nitrogens is 1. The highest BCUT2D eigenvalue weighted by Crippen LogP contribution is 2.10. The molecule has 1 aromatic rings. The van der Waals surface area contributed by atoms with Gasteiger partial charge in [-0.3, -0.25) is 9.78 Å². The molecule has 0 saturated carbocycles. The van der Waals surface area contributed by atoms with E-state index in [4.69, 9.17) is 0 Å². The third kappa shape index (κ3) is 5.63. The van der Waals surface area contributed by atoms with Crippen molar-refractivity contribution in [3.8, 4) is 0 Å². The zero-order chi connectivity index (χ0) is 13.4. The Morgan fingerprint density at radius 3 is 2.83 bits per heavy atom. The topological polar surface area (TPSA) is 42.0 Å². The number of amides is 1. The van der Waals surface area contributed by atoms with Gasteiger partial charge in [-0.1, -0.05) is 32.6 Å². The van der Waals surface area contributed by atoms with E-state index in [2.05, 4.69) is 40.1 Å². The van der Waals surface area contributed by atoms with Crippen molar-refractivity contribution in [1.82, 2.24) is 10.3 Å². The molecule has 0 bridgehead atoms. The van der Waals surface area contributed by atoms with Gasteiger partial charge >= 0.3 is 0 Å². The Labute approximate surface area is 118 Å². The lowest BCUT2D eigenvalue weighted by Gasteiger charge is -2.13. The number of carbonyl (C=O) groups excluding carboxylic acids is 1. The second-order valence-electron chi connectivity index (χ2n) is 4.62. The second kappa shape index (κ2) is 8.25. The average Bonchev–Trinajstić information content (AvgIpc) is 2.34. The van der Waals surface area contributed by atoms with Gasteiger partial charge in [-0.15, -0.1) is 0 Å². The first-order valence-corrected chi connectivity index (χ1v) is 7.34. The molecular formula is C14H21BrN2O. The Hall–Kier alpha value is -0.900. The lowest BCUT2D eigenvalue weighted by Crippen LogP contribution is -2.32. The maximum absolute atomic E-state index is 11.9. The summed E-state index contributed by atoms with van der Waals surface area (Å²) in [7, 11) is 0. The van der Waals surface area contributed by atoms with Crippen LogP contribution in [0.3, 0.4) is 0 Å². The Morgan fingerprint density at radius 1 is 1.39 bits per heavy atom. The number of carbonyl (C=O) groups is 1. The Bertz CT molecular complexity index is 382. The third-order valence-corrected chi connectivity index (χ3v) is 3.27. The maximum Gasteiger partial charge on any atom is 0.253 e. The SMILES string of the molecule is CCCCCCC(C)NC(=O)c1cncc(Br)c1. The number of halogens is 1. The van der Waals surface area contributed by atoms with Crippen LogP contribution in [0.1, 0.15) is 56.3 Å². The normalized spacial score (nSPS) is 12.2. The van der Waals surface area contributed by atoms with Crippen molar-refractivity contribution < 1.29 is 4.79 Å².